The van der Waals surface area contributed by atoms with E-state index in [1.165, 1.54) is 102 Å². The predicted molar refractivity (Wildman–Crippen MR) is 220 cm³/mol. The Morgan fingerprint density at radius 2 is 1.08 bits per heavy atom. The summed E-state index contributed by atoms with van der Waals surface area (Å²) >= 11 is 1.89. The third-order valence-electron chi connectivity index (χ3n) is 13.6. The fourth-order valence-corrected chi connectivity index (χ4v) is 12.9. The van der Waals surface area contributed by atoms with E-state index in [-0.39, 0.29) is 5.41 Å². The lowest BCUT2D eigenvalue weighted by atomic mass is 9.43. The molecule has 4 fully saturated rings. The molecule has 2 heteroatoms. The van der Waals surface area contributed by atoms with Gasteiger partial charge in [-0.15, -0.1) is 11.3 Å². The largest absolute Gasteiger partial charge is 0.310 e. The minimum atomic E-state index is 0.138. The molecule has 0 aliphatic heterocycles. The van der Waals surface area contributed by atoms with Crippen molar-refractivity contribution < 1.29 is 0 Å². The fraction of sp³-hybridized carbons (Fsp3) is 0.200. The van der Waals surface area contributed by atoms with Crippen molar-refractivity contribution >= 4 is 59.3 Å². The predicted octanol–water partition coefficient (Wildman–Crippen LogP) is 14.1. The van der Waals surface area contributed by atoms with Crippen LogP contribution in [0.2, 0.25) is 0 Å². The van der Waals surface area contributed by atoms with Gasteiger partial charge in [-0.25, -0.2) is 0 Å². The Morgan fingerprint density at radius 1 is 0.442 bits per heavy atom. The first kappa shape index (κ1) is 29.4. The van der Waals surface area contributed by atoms with Gasteiger partial charge in [-0.1, -0.05) is 103 Å². The lowest BCUT2D eigenvalue weighted by molar-refractivity contribution is -0.0399. The Balaban J connectivity index is 1.01. The van der Waals surface area contributed by atoms with Crippen molar-refractivity contribution in [2.45, 2.75) is 37.5 Å². The van der Waals surface area contributed by atoms with Crippen LogP contribution in [0.5, 0.6) is 0 Å². The van der Waals surface area contributed by atoms with Crippen LogP contribution >= 0.6 is 11.3 Å². The summed E-state index contributed by atoms with van der Waals surface area (Å²) in [5.41, 5.74) is 12.5. The van der Waals surface area contributed by atoms with Gasteiger partial charge in [0, 0.05) is 42.6 Å². The van der Waals surface area contributed by atoms with E-state index in [2.05, 4.69) is 157 Å². The maximum atomic E-state index is 2.62. The number of thiophene rings is 1. The summed E-state index contributed by atoms with van der Waals surface area (Å²) in [6.45, 7) is 0. The molecular formula is C50H39NS. The van der Waals surface area contributed by atoms with Gasteiger partial charge in [0.1, 0.15) is 0 Å². The molecule has 0 N–H and O–H groups in total. The quantitative estimate of drug-likeness (QED) is 0.178. The minimum absolute atomic E-state index is 0.138. The van der Waals surface area contributed by atoms with Gasteiger partial charge in [0.2, 0.25) is 0 Å². The number of anilines is 3. The molecule has 0 amide bonds. The molecule has 5 aliphatic carbocycles. The zero-order valence-electron chi connectivity index (χ0n) is 29.1. The Bertz CT molecular complexity index is 2690. The molecule has 0 atom stereocenters. The third-order valence-corrected chi connectivity index (χ3v) is 14.8. The minimum Gasteiger partial charge on any atom is -0.310 e. The van der Waals surface area contributed by atoms with Crippen molar-refractivity contribution in [1.29, 1.82) is 0 Å². The normalized spacial score (nSPS) is 23.8. The van der Waals surface area contributed by atoms with E-state index in [0.29, 0.717) is 0 Å². The van der Waals surface area contributed by atoms with Crippen LogP contribution in [-0.2, 0) is 5.41 Å². The van der Waals surface area contributed by atoms with Crippen molar-refractivity contribution in [3.05, 3.63) is 163 Å². The molecular weight excluding hydrogens is 647 g/mol. The van der Waals surface area contributed by atoms with Crippen LogP contribution in [0.4, 0.5) is 17.1 Å². The van der Waals surface area contributed by atoms with E-state index in [9.17, 15) is 0 Å². The topological polar surface area (TPSA) is 3.24 Å². The van der Waals surface area contributed by atoms with E-state index >= 15 is 0 Å². The zero-order valence-corrected chi connectivity index (χ0v) is 30.0. The molecule has 250 valence electrons. The van der Waals surface area contributed by atoms with Crippen LogP contribution in [0, 0.1) is 23.7 Å². The van der Waals surface area contributed by atoms with Gasteiger partial charge in [0.15, 0.2) is 0 Å². The number of rotatable bonds is 4. The highest BCUT2D eigenvalue weighted by Gasteiger charge is 2.61. The average molecular weight is 686 g/mol. The third kappa shape index (κ3) is 4.10. The van der Waals surface area contributed by atoms with Gasteiger partial charge in [-0.3, -0.25) is 0 Å². The first-order valence-electron chi connectivity index (χ1n) is 19.3. The molecule has 13 rings (SSSR count). The number of fused-ring (bicyclic) bond motifs is 7. The lowest BCUT2D eigenvalue weighted by Gasteiger charge is -2.61. The summed E-state index contributed by atoms with van der Waals surface area (Å²) in [6, 6.07) is 57.7. The van der Waals surface area contributed by atoms with Crippen LogP contribution in [0.25, 0.3) is 53.2 Å². The molecule has 8 aromatic rings. The second-order valence-corrected chi connectivity index (χ2v) is 17.3. The van der Waals surface area contributed by atoms with Crippen LogP contribution < -0.4 is 4.90 Å². The van der Waals surface area contributed by atoms with Crippen LogP contribution in [0.3, 0.4) is 0 Å². The fourth-order valence-electron chi connectivity index (χ4n) is 11.8. The molecule has 1 spiro atoms. The number of benzene rings is 7. The maximum Gasteiger partial charge on any atom is 0.0468 e. The molecule has 4 bridgehead atoms. The Kier molecular flexibility index (Phi) is 6.17. The Morgan fingerprint density at radius 3 is 1.92 bits per heavy atom. The first-order valence-corrected chi connectivity index (χ1v) is 20.1. The Labute approximate surface area is 309 Å². The number of hydrogen-bond donors (Lipinski definition) is 0. The highest BCUT2D eigenvalue weighted by molar-refractivity contribution is 7.25. The first-order chi connectivity index (χ1) is 25.7. The smallest absolute Gasteiger partial charge is 0.0468 e. The van der Waals surface area contributed by atoms with E-state index in [0.717, 1.165) is 23.7 Å². The monoisotopic (exact) mass is 685 g/mol. The van der Waals surface area contributed by atoms with Gasteiger partial charge in [0.25, 0.3) is 0 Å². The van der Waals surface area contributed by atoms with Crippen LogP contribution in [0.15, 0.2) is 152 Å². The zero-order chi connectivity index (χ0) is 34.0. The molecule has 0 radical (unpaired) electrons. The summed E-state index contributed by atoms with van der Waals surface area (Å²) < 4.78 is 2.70. The number of nitrogens with zero attached hydrogens (tertiary/aromatic N) is 1. The molecule has 52 heavy (non-hydrogen) atoms. The summed E-state index contributed by atoms with van der Waals surface area (Å²) in [5, 5.41) is 5.24. The Hall–Kier alpha value is -5.18. The highest BCUT2D eigenvalue weighted by Crippen LogP contribution is 2.69. The SMILES string of the molecule is c1ccc2c(c1)-c1ccc(N(c3ccc(-c4ccc5c(c4)sc4ccccc45)cc3)c3ccc4ccccc4c3)cc1C21C2CC3CC(C2)CC1C3. The van der Waals surface area contributed by atoms with E-state index < -0.39 is 0 Å². The standard InChI is InChI=1S/C50H39NS/c1-2-8-35-28-40(19-15-33(35)7-1)51(39-17-13-34(14-18-39)36-16-21-45-44-10-4-6-12-48(44)52-49(45)29-36)41-20-22-43-42-9-3-5-11-46(42)50(47(43)30-41)37-24-31-23-32(26-37)27-38(50)25-31/h1-22,28-32,37-38H,23-27H2. The molecule has 0 unspecified atom stereocenters. The van der Waals surface area contributed by atoms with Crippen LogP contribution in [0.1, 0.15) is 43.2 Å². The highest BCUT2D eigenvalue weighted by atomic mass is 32.1. The lowest BCUT2D eigenvalue weighted by Crippen LogP contribution is -2.55. The van der Waals surface area contributed by atoms with E-state index in [1.54, 1.807) is 11.1 Å². The summed E-state index contributed by atoms with van der Waals surface area (Å²) in [4.78, 5) is 2.51. The van der Waals surface area contributed by atoms with Crippen molar-refractivity contribution in [1.82, 2.24) is 0 Å². The van der Waals surface area contributed by atoms with Gasteiger partial charge >= 0.3 is 0 Å². The van der Waals surface area contributed by atoms with Gasteiger partial charge < -0.3 is 4.90 Å². The molecule has 7 aromatic carbocycles. The van der Waals surface area contributed by atoms with Gasteiger partial charge in [-0.05, 0) is 148 Å². The second kappa shape index (κ2) is 10.9. The average Bonchev–Trinajstić information content (AvgIpc) is 3.70. The van der Waals surface area contributed by atoms with Crippen molar-refractivity contribution in [3.8, 4) is 22.3 Å². The van der Waals surface area contributed by atoms with Crippen LogP contribution in [-0.4, -0.2) is 0 Å². The van der Waals surface area contributed by atoms with Crippen molar-refractivity contribution in [2.75, 3.05) is 4.90 Å². The van der Waals surface area contributed by atoms with E-state index in [4.69, 9.17) is 0 Å². The number of hydrogen-bond acceptors (Lipinski definition) is 2. The maximum absolute atomic E-state index is 2.62. The summed E-state index contributed by atoms with van der Waals surface area (Å²) in [5.74, 6) is 3.35. The molecule has 4 saturated carbocycles. The second-order valence-electron chi connectivity index (χ2n) is 16.2. The van der Waals surface area contributed by atoms with Gasteiger partial charge in [-0.2, -0.15) is 0 Å². The molecule has 1 aromatic heterocycles. The molecule has 5 aliphatic rings. The van der Waals surface area contributed by atoms with E-state index in [1.807, 2.05) is 11.3 Å². The molecule has 0 saturated heterocycles. The van der Waals surface area contributed by atoms with Crippen molar-refractivity contribution in [3.63, 3.8) is 0 Å². The summed E-state index contributed by atoms with van der Waals surface area (Å²) in [6.07, 6.45) is 7.06. The van der Waals surface area contributed by atoms with Gasteiger partial charge in [0.05, 0.1) is 0 Å². The van der Waals surface area contributed by atoms with Crippen molar-refractivity contribution in [2.24, 2.45) is 23.7 Å². The molecule has 1 heterocycles. The molecule has 1 nitrogen and oxygen atoms in total. The summed E-state index contributed by atoms with van der Waals surface area (Å²) in [7, 11) is 0.